The number of carboxylic acids is 1. The van der Waals surface area contributed by atoms with E-state index < -0.39 is 12.1 Å². The van der Waals surface area contributed by atoms with Gasteiger partial charge in [-0.15, -0.1) is 0 Å². The molecule has 2 atom stereocenters. The topological polar surface area (TPSA) is 101 Å². The van der Waals surface area contributed by atoms with E-state index in [-0.39, 0.29) is 19.1 Å². The number of nitrogens with zero attached hydrogens (tertiary/aromatic N) is 1. The van der Waals surface area contributed by atoms with Crippen LogP contribution < -0.4 is 0 Å². The highest BCUT2D eigenvalue weighted by atomic mass is 16.4. The van der Waals surface area contributed by atoms with Crippen molar-refractivity contribution < 1.29 is 25.2 Å². The number of unbranched alkanes of at least 4 members (excludes halogenated alkanes) is 8. The smallest absolute Gasteiger partial charge is 0.332 e. The van der Waals surface area contributed by atoms with Crippen LogP contribution in [0.4, 0.5) is 0 Å². The lowest BCUT2D eigenvalue weighted by Gasteiger charge is -2.24. The van der Waals surface area contributed by atoms with Crippen LogP contribution >= 0.6 is 0 Å². The SMILES string of the molecule is CCCCCCCCCCC(O)CN(CCO)CCCCC(O)C(=O)O. The van der Waals surface area contributed by atoms with Crippen molar-refractivity contribution in [2.45, 2.75) is 96.2 Å². The van der Waals surface area contributed by atoms with Gasteiger partial charge in [-0.2, -0.15) is 0 Å². The Morgan fingerprint density at radius 2 is 1.42 bits per heavy atom. The van der Waals surface area contributed by atoms with E-state index in [9.17, 15) is 15.0 Å². The number of hydrogen-bond acceptors (Lipinski definition) is 5. The molecular formula is C20H41NO5. The van der Waals surface area contributed by atoms with Gasteiger partial charge in [0.15, 0.2) is 6.10 Å². The number of aliphatic hydroxyl groups excluding tert-OH is 3. The fourth-order valence-electron chi connectivity index (χ4n) is 3.14. The number of carboxylic acid groups (broad SMARTS) is 1. The van der Waals surface area contributed by atoms with Crippen LogP contribution in [0.3, 0.4) is 0 Å². The quantitative estimate of drug-likeness (QED) is 0.259. The lowest BCUT2D eigenvalue weighted by Crippen LogP contribution is -2.35. The molecule has 0 aliphatic rings. The Bertz CT molecular complexity index is 327. The third-order valence-corrected chi connectivity index (χ3v) is 4.76. The van der Waals surface area contributed by atoms with Crippen LogP contribution in [0.5, 0.6) is 0 Å². The fraction of sp³-hybridized carbons (Fsp3) is 0.950. The maximum absolute atomic E-state index is 10.6. The Hall–Kier alpha value is -0.690. The third-order valence-electron chi connectivity index (χ3n) is 4.76. The van der Waals surface area contributed by atoms with Crippen LogP contribution in [0.25, 0.3) is 0 Å². The molecule has 0 aliphatic carbocycles. The first-order valence-corrected chi connectivity index (χ1v) is 10.4. The van der Waals surface area contributed by atoms with Gasteiger partial charge in [-0.05, 0) is 32.2 Å². The highest BCUT2D eigenvalue weighted by Crippen LogP contribution is 2.11. The Balaban J connectivity index is 3.76. The number of hydrogen-bond donors (Lipinski definition) is 4. The zero-order chi connectivity index (χ0) is 19.6. The lowest BCUT2D eigenvalue weighted by molar-refractivity contribution is -0.146. The minimum absolute atomic E-state index is 0.0439. The highest BCUT2D eigenvalue weighted by Gasteiger charge is 2.14. The van der Waals surface area contributed by atoms with Crippen molar-refractivity contribution in [3.8, 4) is 0 Å². The van der Waals surface area contributed by atoms with Gasteiger partial charge in [-0.1, -0.05) is 58.3 Å². The van der Waals surface area contributed by atoms with Gasteiger partial charge in [0.1, 0.15) is 0 Å². The first kappa shape index (κ1) is 25.3. The summed E-state index contributed by atoms with van der Waals surface area (Å²) in [6.45, 7) is 4.01. The molecule has 6 heteroatoms. The van der Waals surface area contributed by atoms with Crippen LogP contribution in [0.1, 0.15) is 84.0 Å². The molecule has 0 aliphatic heterocycles. The molecule has 0 rings (SSSR count). The molecule has 0 radical (unpaired) electrons. The van der Waals surface area contributed by atoms with Gasteiger partial charge in [0.05, 0.1) is 12.7 Å². The Morgan fingerprint density at radius 3 is 2.00 bits per heavy atom. The van der Waals surface area contributed by atoms with Crippen molar-refractivity contribution in [2.75, 3.05) is 26.2 Å². The predicted molar refractivity (Wildman–Crippen MR) is 104 cm³/mol. The standard InChI is InChI=1S/C20H41NO5/c1-2-3-4-5-6-7-8-9-12-18(23)17-21(15-16-22)14-11-10-13-19(24)20(25)26/h18-19,22-24H,2-17H2,1H3,(H,25,26). The van der Waals surface area contributed by atoms with Gasteiger partial charge in [-0.3, -0.25) is 4.90 Å². The summed E-state index contributed by atoms with van der Waals surface area (Å²) in [5, 5.41) is 37.2. The molecular weight excluding hydrogens is 334 g/mol. The van der Waals surface area contributed by atoms with Crippen molar-refractivity contribution in [3.63, 3.8) is 0 Å². The summed E-state index contributed by atoms with van der Waals surface area (Å²) >= 11 is 0. The molecule has 0 aromatic rings. The monoisotopic (exact) mass is 375 g/mol. The van der Waals surface area contributed by atoms with Gasteiger partial charge in [0.25, 0.3) is 0 Å². The normalized spacial score (nSPS) is 13.9. The average molecular weight is 376 g/mol. The van der Waals surface area contributed by atoms with Crippen molar-refractivity contribution in [1.29, 1.82) is 0 Å². The van der Waals surface area contributed by atoms with Crippen LogP contribution in [0.2, 0.25) is 0 Å². The summed E-state index contributed by atoms with van der Waals surface area (Å²) in [4.78, 5) is 12.6. The summed E-state index contributed by atoms with van der Waals surface area (Å²) in [7, 11) is 0. The van der Waals surface area contributed by atoms with E-state index in [2.05, 4.69) is 6.92 Å². The second-order valence-electron chi connectivity index (χ2n) is 7.29. The summed E-state index contributed by atoms with van der Waals surface area (Å²) in [5.74, 6) is -1.18. The van der Waals surface area contributed by atoms with Crippen LogP contribution in [-0.2, 0) is 4.79 Å². The summed E-state index contributed by atoms with van der Waals surface area (Å²) < 4.78 is 0. The summed E-state index contributed by atoms with van der Waals surface area (Å²) in [6.07, 6.45) is 10.7. The highest BCUT2D eigenvalue weighted by molar-refractivity contribution is 5.71. The molecule has 0 bridgehead atoms. The molecule has 0 amide bonds. The van der Waals surface area contributed by atoms with Crippen molar-refractivity contribution >= 4 is 5.97 Å². The number of rotatable bonds is 19. The maximum atomic E-state index is 10.6. The summed E-state index contributed by atoms with van der Waals surface area (Å²) in [5.41, 5.74) is 0. The first-order chi connectivity index (χ1) is 12.5. The van der Waals surface area contributed by atoms with E-state index in [1.807, 2.05) is 4.90 Å². The minimum atomic E-state index is -1.30. The Morgan fingerprint density at radius 1 is 0.846 bits per heavy atom. The second kappa shape index (κ2) is 17.7. The van der Waals surface area contributed by atoms with E-state index >= 15 is 0 Å². The predicted octanol–water partition coefficient (Wildman–Crippen LogP) is 2.79. The van der Waals surface area contributed by atoms with Crippen LogP contribution in [0, 0.1) is 0 Å². The molecule has 0 aromatic heterocycles. The van der Waals surface area contributed by atoms with Crippen LogP contribution in [-0.4, -0.2) is 69.7 Å². The molecule has 0 saturated carbocycles. The van der Waals surface area contributed by atoms with Crippen molar-refractivity contribution in [3.05, 3.63) is 0 Å². The largest absolute Gasteiger partial charge is 0.479 e. The zero-order valence-corrected chi connectivity index (χ0v) is 16.6. The molecule has 0 spiro atoms. The van der Waals surface area contributed by atoms with Gasteiger partial charge in [0, 0.05) is 13.1 Å². The van der Waals surface area contributed by atoms with E-state index in [4.69, 9.17) is 10.2 Å². The average Bonchev–Trinajstić information content (AvgIpc) is 2.60. The first-order valence-electron chi connectivity index (χ1n) is 10.4. The molecule has 6 nitrogen and oxygen atoms in total. The maximum Gasteiger partial charge on any atom is 0.332 e. The molecule has 0 fully saturated rings. The Kier molecular flexibility index (Phi) is 17.2. The van der Waals surface area contributed by atoms with E-state index in [0.717, 1.165) is 25.7 Å². The van der Waals surface area contributed by atoms with E-state index in [0.29, 0.717) is 26.1 Å². The third kappa shape index (κ3) is 15.6. The van der Waals surface area contributed by atoms with E-state index in [1.54, 1.807) is 0 Å². The van der Waals surface area contributed by atoms with E-state index in [1.165, 1.54) is 38.5 Å². The van der Waals surface area contributed by atoms with Crippen molar-refractivity contribution in [1.82, 2.24) is 4.90 Å². The molecule has 0 saturated heterocycles. The number of aliphatic carboxylic acids is 1. The van der Waals surface area contributed by atoms with Gasteiger partial charge >= 0.3 is 5.97 Å². The molecule has 156 valence electrons. The van der Waals surface area contributed by atoms with Gasteiger partial charge in [-0.25, -0.2) is 4.79 Å². The molecule has 0 heterocycles. The molecule has 4 N–H and O–H groups in total. The van der Waals surface area contributed by atoms with Crippen molar-refractivity contribution in [2.24, 2.45) is 0 Å². The van der Waals surface area contributed by atoms with Gasteiger partial charge < -0.3 is 20.4 Å². The number of aliphatic hydroxyl groups is 3. The Labute approximate surface area is 159 Å². The minimum Gasteiger partial charge on any atom is -0.479 e. The fourth-order valence-corrected chi connectivity index (χ4v) is 3.14. The number of carbonyl (C=O) groups is 1. The van der Waals surface area contributed by atoms with Crippen LogP contribution in [0.15, 0.2) is 0 Å². The molecule has 26 heavy (non-hydrogen) atoms. The lowest BCUT2D eigenvalue weighted by atomic mass is 10.1. The second-order valence-corrected chi connectivity index (χ2v) is 7.29. The summed E-state index contributed by atoms with van der Waals surface area (Å²) in [6, 6.07) is 0. The molecule has 0 aromatic carbocycles. The zero-order valence-electron chi connectivity index (χ0n) is 16.6. The molecule has 2 unspecified atom stereocenters. The van der Waals surface area contributed by atoms with Gasteiger partial charge in [0.2, 0.25) is 0 Å².